The second-order valence-electron chi connectivity index (χ2n) is 4.87. The highest BCUT2D eigenvalue weighted by atomic mass is 14.9. The summed E-state index contributed by atoms with van der Waals surface area (Å²) in [7, 11) is 0. The lowest BCUT2D eigenvalue weighted by Gasteiger charge is -2.20. The van der Waals surface area contributed by atoms with Crippen LogP contribution in [-0.2, 0) is 6.42 Å². The van der Waals surface area contributed by atoms with Crippen LogP contribution >= 0.6 is 0 Å². The number of aromatic nitrogens is 1. The van der Waals surface area contributed by atoms with Gasteiger partial charge in [0.05, 0.1) is 0 Å². The Labute approximate surface area is 115 Å². The molecular formula is C17H22N2. The zero-order valence-electron chi connectivity index (χ0n) is 11.8. The van der Waals surface area contributed by atoms with Gasteiger partial charge < -0.3 is 5.32 Å². The van der Waals surface area contributed by atoms with E-state index in [0.717, 1.165) is 19.4 Å². The van der Waals surface area contributed by atoms with Gasteiger partial charge in [-0.05, 0) is 49.1 Å². The Bertz CT molecular complexity index is 494. The van der Waals surface area contributed by atoms with E-state index in [0.29, 0.717) is 6.04 Å². The third kappa shape index (κ3) is 3.90. The lowest BCUT2D eigenvalue weighted by molar-refractivity contribution is 0.513. The molecule has 2 nitrogen and oxygen atoms in total. The molecule has 0 saturated carbocycles. The van der Waals surface area contributed by atoms with Crippen molar-refractivity contribution in [3.05, 3.63) is 65.5 Å². The summed E-state index contributed by atoms with van der Waals surface area (Å²) in [6, 6.07) is 13.2. The van der Waals surface area contributed by atoms with E-state index in [1.807, 2.05) is 18.5 Å². The quantitative estimate of drug-likeness (QED) is 0.850. The molecule has 0 aliphatic heterocycles. The van der Waals surface area contributed by atoms with Gasteiger partial charge in [-0.25, -0.2) is 0 Å². The zero-order valence-corrected chi connectivity index (χ0v) is 11.8. The van der Waals surface area contributed by atoms with Gasteiger partial charge in [-0.1, -0.05) is 37.3 Å². The van der Waals surface area contributed by atoms with E-state index in [1.54, 1.807) is 0 Å². The summed E-state index contributed by atoms with van der Waals surface area (Å²) < 4.78 is 0. The Kier molecular flexibility index (Phi) is 5.10. The lowest BCUT2D eigenvalue weighted by atomic mass is 9.96. The summed E-state index contributed by atoms with van der Waals surface area (Å²) >= 11 is 0. The molecule has 0 saturated heterocycles. The molecule has 0 radical (unpaired) electrons. The summed E-state index contributed by atoms with van der Waals surface area (Å²) in [6.07, 6.45) is 5.94. The molecule has 0 amide bonds. The van der Waals surface area contributed by atoms with Gasteiger partial charge in [0.15, 0.2) is 0 Å². The molecule has 1 atom stereocenters. The molecule has 19 heavy (non-hydrogen) atoms. The number of aryl methyl sites for hydroxylation is 2. The molecule has 0 aliphatic carbocycles. The first-order valence-corrected chi connectivity index (χ1v) is 6.99. The summed E-state index contributed by atoms with van der Waals surface area (Å²) in [6.45, 7) is 5.34. The summed E-state index contributed by atoms with van der Waals surface area (Å²) in [5.41, 5.74) is 4.08. The predicted octanol–water partition coefficient (Wildman–Crippen LogP) is 3.67. The third-order valence-corrected chi connectivity index (χ3v) is 3.46. The van der Waals surface area contributed by atoms with Crippen LogP contribution in [0.2, 0.25) is 0 Å². The number of hydrogen-bond acceptors (Lipinski definition) is 2. The Hall–Kier alpha value is -1.67. The van der Waals surface area contributed by atoms with Crippen molar-refractivity contribution in [1.82, 2.24) is 10.3 Å². The monoisotopic (exact) mass is 254 g/mol. The van der Waals surface area contributed by atoms with Gasteiger partial charge in [-0.15, -0.1) is 0 Å². The van der Waals surface area contributed by atoms with Crippen molar-refractivity contribution in [1.29, 1.82) is 0 Å². The second kappa shape index (κ2) is 7.05. The fourth-order valence-corrected chi connectivity index (χ4v) is 2.45. The molecule has 0 spiro atoms. The number of nitrogens with one attached hydrogen (secondary N) is 1. The SMILES string of the molecule is CCNC(CCc1cccnc1)c1ccccc1C. The van der Waals surface area contributed by atoms with Crippen LogP contribution in [0, 0.1) is 6.92 Å². The van der Waals surface area contributed by atoms with Crippen molar-refractivity contribution >= 4 is 0 Å². The van der Waals surface area contributed by atoms with E-state index in [9.17, 15) is 0 Å². The van der Waals surface area contributed by atoms with Gasteiger partial charge in [-0.3, -0.25) is 4.98 Å². The molecule has 0 aliphatic rings. The molecule has 1 unspecified atom stereocenters. The van der Waals surface area contributed by atoms with Crippen LogP contribution < -0.4 is 5.32 Å². The molecular weight excluding hydrogens is 232 g/mol. The largest absolute Gasteiger partial charge is 0.310 e. The van der Waals surface area contributed by atoms with Crippen molar-refractivity contribution in [3.63, 3.8) is 0 Å². The van der Waals surface area contributed by atoms with Crippen molar-refractivity contribution in [2.24, 2.45) is 0 Å². The predicted molar refractivity (Wildman–Crippen MR) is 80.2 cm³/mol. The average molecular weight is 254 g/mol. The molecule has 0 bridgehead atoms. The van der Waals surface area contributed by atoms with Crippen molar-refractivity contribution in [2.45, 2.75) is 32.7 Å². The number of hydrogen-bond donors (Lipinski definition) is 1. The number of rotatable bonds is 6. The van der Waals surface area contributed by atoms with Crippen LogP contribution in [0.5, 0.6) is 0 Å². The normalized spacial score (nSPS) is 12.3. The number of nitrogens with zero attached hydrogens (tertiary/aromatic N) is 1. The molecule has 2 aromatic rings. The molecule has 1 heterocycles. The first kappa shape index (κ1) is 13.8. The average Bonchev–Trinajstić information content (AvgIpc) is 2.45. The zero-order chi connectivity index (χ0) is 13.5. The molecule has 2 rings (SSSR count). The standard InChI is InChI=1S/C17H22N2/c1-3-19-17(16-9-5-4-7-14(16)2)11-10-15-8-6-12-18-13-15/h4-9,12-13,17,19H,3,10-11H2,1-2H3. The Balaban J connectivity index is 2.07. The van der Waals surface area contributed by atoms with Crippen LogP contribution in [0.1, 0.15) is 36.1 Å². The number of benzene rings is 1. The van der Waals surface area contributed by atoms with Crippen molar-refractivity contribution in [3.8, 4) is 0 Å². The minimum Gasteiger partial charge on any atom is -0.310 e. The van der Waals surface area contributed by atoms with E-state index in [4.69, 9.17) is 0 Å². The molecule has 0 fully saturated rings. The maximum absolute atomic E-state index is 4.18. The van der Waals surface area contributed by atoms with Gasteiger partial charge in [0, 0.05) is 18.4 Å². The Morgan fingerprint density at radius 1 is 1.16 bits per heavy atom. The van der Waals surface area contributed by atoms with Crippen LogP contribution in [0.4, 0.5) is 0 Å². The first-order chi connectivity index (χ1) is 9.31. The fraction of sp³-hybridized carbons (Fsp3) is 0.353. The van der Waals surface area contributed by atoms with Gasteiger partial charge in [0.25, 0.3) is 0 Å². The highest BCUT2D eigenvalue weighted by Crippen LogP contribution is 2.22. The van der Waals surface area contributed by atoms with Gasteiger partial charge >= 0.3 is 0 Å². The van der Waals surface area contributed by atoms with E-state index >= 15 is 0 Å². The third-order valence-electron chi connectivity index (χ3n) is 3.46. The van der Waals surface area contributed by atoms with Crippen LogP contribution in [-0.4, -0.2) is 11.5 Å². The summed E-state index contributed by atoms with van der Waals surface area (Å²) in [4.78, 5) is 4.18. The molecule has 1 N–H and O–H groups in total. The minimum absolute atomic E-state index is 0.423. The maximum atomic E-state index is 4.18. The van der Waals surface area contributed by atoms with Gasteiger partial charge in [0.2, 0.25) is 0 Å². The Morgan fingerprint density at radius 2 is 2.00 bits per heavy atom. The highest BCUT2D eigenvalue weighted by molar-refractivity contribution is 5.29. The van der Waals surface area contributed by atoms with Crippen LogP contribution in [0.3, 0.4) is 0 Å². The van der Waals surface area contributed by atoms with Crippen LogP contribution in [0.15, 0.2) is 48.8 Å². The van der Waals surface area contributed by atoms with Crippen molar-refractivity contribution < 1.29 is 0 Å². The van der Waals surface area contributed by atoms with Crippen molar-refractivity contribution in [2.75, 3.05) is 6.54 Å². The number of pyridine rings is 1. The van der Waals surface area contributed by atoms with E-state index in [2.05, 4.69) is 54.5 Å². The summed E-state index contributed by atoms with van der Waals surface area (Å²) in [5.74, 6) is 0. The van der Waals surface area contributed by atoms with Gasteiger partial charge in [0.1, 0.15) is 0 Å². The van der Waals surface area contributed by atoms with Gasteiger partial charge in [-0.2, -0.15) is 0 Å². The second-order valence-corrected chi connectivity index (χ2v) is 4.87. The maximum Gasteiger partial charge on any atom is 0.0325 e. The summed E-state index contributed by atoms with van der Waals surface area (Å²) in [5, 5.41) is 3.59. The smallest absolute Gasteiger partial charge is 0.0325 e. The van der Waals surface area contributed by atoms with E-state index < -0.39 is 0 Å². The lowest BCUT2D eigenvalue weighted by Crippen LogP contribution is -2.22. The van der Waals surface area contributed by atoms with E-state index in [-0.39, 0.29) is 0 Å². The van der Waals surface area contributed by atoms with Crippen LogP contribution in [0.25, 0.3) is 0 Å². The molecule has 1 aromatic carbocycles. The topological polar surface area (TPSA) is 24.9 Å². The highest BCUT2D eigenvalue weighted by Gasteiger charge is 2.12. The first-order valence-electron chi connectivity index (χ1n) is 6.99. The molecule has 2 heteroatoms. The molecule has 1 aromatic heterocycles. The Morgan fingerprint density at radius 3 is 2.68 bits per heavy atom. The molecule has 100 valence electrons. The minimum atomic E-state index is 0.423. The fourth-order valence-electron chi connectivity index (χ4n) is 2.45. The van der Waals surface area contributed by atoms with E-state index in [1.165, 1.54) is 16.7 Å².